The van der Waals surface area contributed by atoms with Gasteiger partial charge in [0.2, 0.25) is 0 Å². The fourth-order valence-electron chi connectivity index (χ4n) is 5.11. The molecule has 1 fully saturated rings. The minimum absolute atomic E-state index is 0. The Balaban J connectivity index is 0.00000243. The van der Waals surface area contributed by atoms with E-state index in [2.05, 4.69) is 74.8 Å². The van der Waals surface area contributed by atoms with Crippen molar-refractivity contribution in [2.75, 3.05) is 37.6 Å². The smallest absolute Gasteiger partial charge is 0.0443 e. The van der Waals surface area contributed by atoms with Gasteiger partial charge in [-0.1, -0.05) is 58.9 Å². The van der Waals surface area contributed by atoms with Crippen LogP contribution in [0.2, 0.25) is 0 Å². The molecule has 0 N–H and O–H groups in total. The van der Waals surface area contributed by atoms with Gasteiger partial charge in [-0.25, -0.2) is 0 Å². The number of piperazine rings is 1. The van der Waals surface area contributed by atoms with Gasteiger partial charge in [0.05, 0.1) is 0 Å². The third kappa shape index (κ3) is 5.04. The predicted molar refractivity (Wildman–Crippen MR) is 117 cm³/mol. The summed E-state index contributed by atoms with van der Waals surface area (Å²) in [5.74, 6) is 0. The number of benzene rings is 1. The van der Waals surface area contributed by atoms with Gasteiger partial charge in [-0.15, -0.1) is 12.4 Å². The Bertz CT molecular complexity index is 625. The van der Waals surface area contributed by atoms with E-state index < -0.39 is 0 Å². The summed E-state index contributed by atoms with van der Waals surface area (Å²) in [5.41, 5.74) is 5.11. The van der Waals surface area contributed by atoms with E-state index in [-0.39, 0.29) is 17.8 Å². The molecule has 1 aliphatic carbocycles. The van der Waals surface area contributed by atoms with Crippen LogP contribution in [0.5, 0.6) is 0 Å². The third-order valence-electron chi connectivity index (χ3n) is 5.67. The fourth-order valence-corrected chi connectivity index (χ4v) is 5.11. The first kappa shape index (κ1) is 21.3. The second-order valence-corrected chi connectivity index (χ2v) is 9.52. The lowest BCUT2D eigenvalue weighted by Gasteiger charge is -2.41. The van der Waals surface area contributed by atoms with Gasteiger partial charge in [-0.3, -0.25) is 4.90 Å². The highest BCUT2D eigenvalue weighted by Crippen LogP contribution is 2.48. The Morgan fingerprint density at radius 3 is 2.23 bits per heavy atom. The van der Waals surface area contributed by atoms with E-state index in [1.807, 2.05) is 0 Å². The average molecular weight is 377 g/mol. The Labute approximate surface area is 167 Å². The van der Waals surface area contributed by atoms with E-state index in [1.165, 1.54) is 50.1 Å². The van der Waals surface area contributed by atoms with Gasteiger partial charge >= 0.3 is 0 Å². The van der Waals surface area contributed by atoms with Crippen molar-refractivity contribution < 1.29 is 0 Å². The van der Waals surface area contributed by atoms with Crippen LogP contribution in [-0.4, -0.2) is 37.6 Å². The second-order valence-electron chi connectivity index (χ2n) is 9.52. The maximum atomic E-state index is 2.61. The van der Waals surface area contributed by atoms with Gasteiger partial charge < -0.3 is 4.90 Å². The maximum absolute atomic E-state index is 2.61. The molecule has 1 aromatic rings. The quantitative estimate of drug-likeness (QED) is 0.648. The molecular formula is C23H37ClN2. The van der Waals surface area contributed by atoms with E-state index in [1.54, 1.807) is 5.57 Å². The SMILES string of the molecule is CCCN1CCN(c2ccccc2C2=CC(C)(C)CC(C)(C)C2)CC1.Cl. The van der Waals surface area contributed by atoms with Crippen molar-refractivity contribution in [2.24, 2.45) is 10.8 Å². The van der Waals surface area contributed by atoms with Crippen LogP contribution in [0.1, 0.15) is 59.4 Å². The van der Waals surface area contributed by atoms with Crippen molar-refractivity contribution in [1.29, 1.82) is 0 Å². The van der Waals surface area contributed by atoms with Gasteiger partial charge in [0.15, 0.2) is 0 Å². The summed E-state index contributed by atoms with van der Waals surface area (Å²) < 4.78 is 0. The highest BCUT2D eigenvalue weighted by molar-refractivity contribution is 5.85. The van der Waals surface area contributed by atoms with Gasteiger partial charge in [0, 0.05) is 37.4 Å². The Kier molecular flexibility index (Phi) is 6.85. The largest absolute Gasteiger partial charge is 0.368 e. The number of anilines is 1. The molecule has 146 valence electrons. The number of hydrogen-bond acceptors (Lipinski definition) is 2. The minimum Gasteiger partial charge on any atom is -0.368 e. The minimum atomic E-state index is 0. The highest BCUT2D eigenvalue weighted by atomic mass is 35.5. The molecule has 1 saturated heterocycles. The summed E-state index contributed by atoms with van der Waals surface area (Å²) in [6, 6.07) is 9.09. The Morgan fingerprint density at radius 1 is 0.962 bits per heavy atom. The lowest BCUT2D eigenvalue weighted by molar-refractivity contribution is 0.228. The fraction of sp³-hybridized carbons (Fsp3) is 0.652. The van der Waals surface area contributed by atoms with E-state index in [0.717, 1.165) is 13.1 Å². The molecule has 0 saturated carbocycles. The molecule has 2 nitrogen and oxygen atoms in total. The van der Waals surface area contributed by atoms with Crippen LogP contribution in [0.15, 0.2) is 30.3 Å². The molecular weight excluding hydrogens is 340 g/mol. The summed E-state index contributed by atoms with van der Waals surface area (Å²) in [6.45, 7) is 17.8. The molecule has 0 aromatic heterocycles. The second kappa shape index (κ2) is 8.35. The topological polar surface area (TPSA) is 6.48 Å². The van der Waals surface area contributed by atoms with Gasteiger partial charge in [0.25, 0.3) is 0 Å². The molecule has 3 heteroatoms. The zero-order chi connectivity index (χ0) is 18.1. The maximum Gasteiger partial charge on any atom is 0.0443 e. The molecule has 0 spiro atoms. The van der Waals surface area contributed by atoms with Crippen molar-refractivity contribution in [1.82, 2.24) is 4.90 Å². The van der Waals surface area contributed by atoms with Crippen LogP contribution in [0.3, 0.4) is 0 Å². The number of nitrogens with zero attached hydrogens (tertiary/aromatic N) is 2. The van der Waals surface area contributed by atoms with E-state index in [0.29, 0.717) is 5.41 Å². The first-order chi connectivity index (χ1) is 11.8. The molecule has 0 atom stereocenters. The van der Waals surface area contributed by atoms with Crippen LogP contribution in [0.25, 0.3) is 5.57 Å². The third-order valence-corrected chi connectivity index (χ3v) is 5.67. The number of rotatable bonds is 4. The number of allylic oxidation sites excluding steroid dienone is 2. The van der Waals surface area contributed by atoms with Crippen LogP contribution in [-0.2, 0) is 0 Å². The Hall–Kier alpha value is -0.990. The first-order valence-corrected chi connectivity index (χ1v) is 10.1. The van der Waals surface area contributed by atoms with Crippen molar-refractivity contribution in [3.05, 3.63) is 35.9 Å². The molecule has 0 unspecified atom stereocenters. The molecule has 1 aliphatic heterocycles. The zero-order valence-electron chi connectivity index (χ0n) is 17.3. The van der Waals surface area contributed by atoms with Gasteiger partial charge in [-0.05, 0) is 48.3 Å². The molecule has 1 heterocycles. The molecule has 0 bridgehead atoms. The van der Waals surface area contributed by atoms with Crippen molar-refractivity contribution in [3.63, 3.8) is 0 Å². The molecule has 0 amide bonds. The van der Waals surface area contributed by atoms with Crippen LogP contribution in [0, 0.1) is 10.8 Å². The molecule has 3 rings (SSSR count). The molecule has 26 heavy (non-hydrogen) atoms. The summed E-state index contributed by atoms with van der Waals surface area (Å²) in [5, 5.41) is 0. The highest BCUT2D eigenvalue weighted by Gasteiger charge is 2.34. The molecule has 0 radical (unpaired) electrons. The van der Waals surface area contributed by atoms with Crippen molar-refractivity contribution >= 4 is 23.7 Å². The lowest BCUT2D eigenvalue weighted by atomic mass is 9.65. The van der Waals surface area contributed by atoms with Crippen molar-refractivity contribution in [3.8, 4) is 0 Å². The Morgan fingerprint density at radius 2 is 1.62 bits per heavy atom. The van der Waals surface area contributed by atoms with Crippen LogP contribution < -0.4 is 4.90 Å². The standard InChI is InChI=1S/C23H36N2.ClH/c1-6-11-24-12-14-25(15-13-24)21-10-8-7-9-20(21)19-16-22(2,3)18-23(4,5)17-19;/h7-10,16H,6,11-15,17-18H2,1-5H3;1H. The number of hydrogen-bond donors (Lipinski definition) is 0. The predicted octanol–water partition coefficient (Wildman–Crippen LogP) is 5.87. The van der Waals surface area contributed by atoms with Crippen LogP contribution >= 0.6 is 12.4 Å². The lowest BCUT2D eigenvalue weighted by Crippen LogP contribution is -2.46. The van der Waals surface area contributed by atoms with E-state index >= 15 is 0 Å². The summed E-state index contributed by atoms with van der Waals surface area (Å²) in [6.07, 6.45) is 6.25. The monoisotopic (exact) mass is 376 g/mol. The zero-order valence-corrected chi connectivity index (χ0v) is 18.2. The summed E-state index contributed by atoms with van der Waals surface area (Å²) >= 11 is 0. The van der Waals surface area contributed by atoms with Crippen LogP contribution in [0.4, 0.5) is 5.69 Å². The molecule has 2 aliphatic rings. The first-order valence-electron chi connectivity index (χ1n) is 10.1. The van der Waals surface area contributed by atoms with Crippen molar-refractivity contribution in [2.45, 2.75) is 53.9 Å². The van der Waals surface area contributed by atoms with Gasteiger partial charge in [-0.2, -0.15) is 0 Å². The normalized spacial score (nSPS) is 22.5. The number of para-hydroxylation sites is 1. The number of halogens is 1. The van der Waals surface area contributed by atoms with Gasteiger partial charge in [0.1, 0.15) is 0 Å². The average Bonchev–Trinajstić information content (AvgIpc) is 2.53. The molecule has 1 aromatic carbocycles. The summed E-state index contributed by atoms with van der Waals surface area (Å²) in [7, 11) is 0. The summed E-state index contributed by atoms with van der Waals surface area (Å²) in [4.78, 5) is 5.21. The van der Waals surface area contributed by atoms with E-state index in [4.69, 9.17) is 0 Å². The van der Waals surface area contributed by atoms with E-state index in [9.17, 15) is 0 Å².